The van der Waals surface area contributed by atoms with Gasteiger partial charge in [0.25, 0.3) is 0 Å². The summed E-state index contributed by atoms with van der Waals surface area (Å²) < 4.78 is 7.18. The zero-order valence-corrected chi connectivity index (χ0v) is 29.0. The SMILES string of the molecule is [CH-]=CC1C=CC=CC1C(C1=C(OC2C[C@@H](C)CC[C@@H]2C(C)C)C=CCC1)[PH+](c1ccccc1)c1ccccc1.[Cl][Pd][Cl]. The van der Waals surface area contributed by atoms with Crippen LogP contribution in [-0.4, -0.2) is 11.8 Å². The first-order valence-electron chi connectivity index (χ1n) is 15.2. The zero-order chi connectivity index (χ0) is 29.9. The number of ether oxygens (including phenoxy) is 1. The van der Waals surface area contributed by atoms with Crippen molar-refractivity contribution in [3.8, 4) is 0 Å². The molecule has 5 heteroatoms. The molecule has 1 fully saturated rings. The Morgan fingerprint density at radius 2 is 1.57 bits per heavy atom. The molecule has 1 nitrogen and oxygen atoms in total. The number of hydrogen-bond acceptors (Lipinski definition) is 1. The second-order valence-corrected chi connectivity index (χ2v) is 17.1. The van der Waals surface area contributed by atoms with Crippen LogP contribution < -0.4 is 10.6 Å². The van der Waals surface area contributed by atoms with Gasteiger partial charge < -0.3 is 11.3 Å². The molecule has 0 radical (unpaired) electrons. The molecule has 4 unspecified atom stereocenters. The molecule has 228 valence electrons. The Balaban J connectivity index is 0.00000129. The van der Waals surface area contributed by atoms with Crippen LogP contribution in [0.15, 0.2) is 115 Å². The molecule has 5 rings (SSSR count). The summed E-state index contributed by atoms with van der Waals surface area (Å²) in [4.78, 5) is 0. The minimum absolute atomic E-state index is 0.106. The van der Waals surface area contributed by atoms with E-state index in [0.717, 1.165) is 25.0 Å². The van der Waals surface area contributed by atoms with Gasteiger partial charge in [0.15, 0.2) is 0 Å². The van der Waals surface area contributed by atoms with E-state index in [1.54, 1.807) is 0 Å². The van der Waals surface area contributed by atoms with Crippen LogP contribution in [0.3, 0.4) is 0 Å². The number of allylic oxidation sites excluding steroid dienone is 8. The van der Waals surface area contributed by atoms with E-state index in [2.05, 4.69) is 118 Å². The first-order chi connectivity index (χ1) is 20.5. The van der Waals surface area contributed by atoms with Gasteiger partial charge in [-0.1, -0.05) is 94.0 Å². The molecule has 0 aliphatic heterocycles. The van der Waals surface area contributed by atoms with Gasteiger partial charge in [0.05, 0.1) is 18.5 Å². The molecule has 3 aliphatic carbocycles. The van der Waals surface area contributed by atoms with E-state index in [1.807, 2.05) is 6.08 Å². The van der Waals surface area contributed by atoms with Crippen molar-refractivity contribution < 1.29 is 20.7 Å². The molecule has 0 N–H and O–H groups in total. The van der Waals surface area contributed by atoms with Crippen LogP contribution in [0, 0.1) is 36.2 Å². The van der Waals surface area contributed by atoms with Crippen molar-refractivity contribution in [2.75, 3.05) is 0 Å². The minimum atomic E-state index is -1.22. The fraction of sp³-hybridized carbons (Fsp3) is 0.405. The Bertz CT molecular complexity index is 1200. The summed E-state index contributed by atoms with van der Waals surface area (Å²) in [6.45, 7) is 13.5. The van der Waals surface area contributed by atoms with Gasteiger partial charge in [-0.25, -0.2) is 0 Å². The van der Waals surface area contributed by atoms with Gasteiger partial charge in [-0.05, 0) is 79.7 Å². The Hall–Kier alpha value is -1.39. The number of benzene rings is 2. The summed E-state index contributed by atoms with van der Waals surface area (Å²) in [6.07, 6.45) is 21.7. The summed E-state index contributed by atoms with van der Waals surface area (Å²) in [5.74, 6) is 3.59. The third-order valence-electron chi connectivity index (χ3n) is 9.09. The van der Waals surface area contributed by atoms with E-state index >= 15 is 0 Å². The van der Waals surface area contributed by atoms with Crippen molar-refractivity contribution in [1.82, 2.24) is 0 Å². The van der Waals surface area contributed by atoms with Gasteiger partial charge in [-0.2, -0.15) is 0 Å². The molecule has 0 bridgehead atoms. The number of rotatable bonds is 9. The van der Waals surface area contributed by atoms with Crippen molar-refractivity contribution in [2.24, 2.45) is 29.6 Å². The maximum atomic E-state index is 7.18. The van der Waals surface area contributed by atoms with Crippen molar-refractivity contribution in [3.63, 3.8) is 0 Å². The fourth-order valence-electron chi connectivity index (χ4n) is 7.02. The second kappa shape index (κ2) is 17.2. The Morgan fingerprint density at radius 1 is 0.952 bits per heavy atom. The van der Waals surface area contributed by atoms with Crippen LogP contribution >= 0.6 is 27.0 Å². The van der Waals surface area contributed by atoms with Crippen LogP contribution in [0.2, 0.25) is 0 Å². The van der Waals surface area contributed by atoms with Crippen LogP contribution in [-0.2, 0) is 20.7 Å². The summed E-state index contributed by atoms with van der Waals surface area (Å²) in [7, 11) is 8.40. The van der Waals surface area contributed by atoms with Crippen molar-refractivity contribution >= 4 is 37.6 Å². The van der Waals surface area contributed by atoms with Crippen LogP contribution in [0.5, 0.6) is 0 Å². The van der Waals surface area contributed by atoms with E-state index in [1.165, 1.54) is 29.0 Å². The van der Waals surface area contributed by atoms with Gasteiger partial charge in [0.2, 0.25) is 0 Å². The third kappa shape index (κ3) is 8.62. The van der Waals surface area contributed by atoms with Gasteiger partial charge in [0.1, 0.15) is 17.5 Å². The topological polar surface area (TPSA) is 9.23 Å². The molecule has 0 aromatic heterocycles. The molecule has 0 amide bonds. The zero-order valence-electron chi connectivity index (χ0n) is 24.9. The average Bonchev–Trinajstić information content (AvgIpc) is 3.01. The summed E-state index contributed by atoms with van der Waals surface area (Å²) in [6, 6.07) is 22.4. The normalized spacial score (nSPS) is 26.2. The molecular formula is C37H45Cl2OPPd. The second-order valence-electron chi connectivity index (χ2n) is 12.1. The summed E-state index contributed by atoms with van der Waals surface area (Å²) in [5.41, 5.74) is 1.82. The van der Waals surface area contributed by atoms with Gasteiger partial charge in [-0.15, -0.1) is 0 Å². The van der Waals surface area contributed by atoms with E-state index < -0.39 is 7.92 Å². The van der Waals surface area contributed by atoms with E-state index in [-0.39, 0.29) is 28.0 Å². The Labute approximate surface area is 272 Å². The van der Waals surface area contributed by atoms with E-state index in [4.69, 9.17) is 30.4 Å². The fourth-order valence-corrected chi connectivity index (χ4v) is 10.5. The van der Waals surface area contributed by atoms with Gasteiger partial charge in [0, 0.05) is 11.5 Å². The predicted molar refractivity (Wildman–Crippen MR) is 182 cm³/mol. The van der Waals surface area contributed by atoms with Crippen molar-refractivity contribution in [1.29, 1.82) is 0 Å². The van der Waals surface area contributed by atoms with Crippen molar-refractivity contribution in [2.45, 2.75) is 64.6 Å². The summed E-state index contributed by atoms with van der Waals surface area (Å²) in [5, 5.41) is 2.90. The molecule has 42 heavy (non-hydrogen) atoms. The van der Waals surface area contributed by atoms with Crippen LogP contribution in [0.25, 0.3) is 0 Å². The van der Waals surface area contributed by atoms with Crippen LogP contribution in [0.4, 0.5) is 0 Å². The molecule has 0 saturated heterocycles. The van der Waals surface area contributed by atoms with E-state index in [0.29, 0.717) is 29.3 Å². The maximum absolute atomic E-state index is 7.18. The molecule has 3 aliphatic rings. The van der Waals surface area contributed by atoms with E-state index in [9.17, 15) is 0 Å². The standard InChI is InChI=1S/C37H44OP.2ClH.Pd/c1-5-29-16-12-13-21-33(29)37(39(30-17-8-6-9-18-30)31-19-10-7-11-20-31)34-22-14-15-23-35(34)38-36-26-28(4)24-25-32(36)27(2)3;;;/h1,5-13,15-21,23,27-29,32-33,36-37H,14,22,24-26H2,2-4H3;2*1H;/q-1;;;+2/p-1/t28-,29?,32+,33?,36?,37?;;;/m0.../s1. The molecule has 6 atom stereocenters. The third-order valence-corrected chi connectivity index (χ3v) is 12.4. The number of hydrogen-bond donors (Lipinski definition) is 0. The van der Waals surface area contributed by atoms with Crippen molar-refractivity contribution in [3.05, 3.63) is 121 Å². The number of halogens is 2. The first kappa shape index (κ1) is 33.5. The first-order valence-corrected chi connectivity index (χ1v) is 20.8. The Kier molecular flexibility index (Phi) is 13.7. The van der Waals surface area contributed by atoms with Crippen LogP contribution in [0.1, 0.15) is 52.9 Å². The average molecular weight is 714 g/mol. The summed E-state index contributed by atoms with van der Waals surface area (Å²) >= 11 is -0.106. The molecule has 0 heterocycles. The predicted octanol–water partition coefficient (Wildman–Crippen LogP) is 10.0. The monoisotopic (exact) mass is 712 g/mol. The molecular weight excluding hydrogens is 669 g/mol. The van der Waals surface area contributed by atoms with Gasteiger partial charge >= 0.3 is 35.0 Å². The van der Waals surface area contributed by atoms with Gasteiger partial charge in [-0.3, -0.25) is 6.08 Å². The molecule has 1 saturated carbocycles. The Morgan fingerprint density at radius 3 is 2.17 bits per heavy atom. The molecule has 0 spiro atoms. The molecule has 2 aromatic carbocycles. The quantitative estimate of drug-likeness (QED) is 0.143. The molecule has 2 aromatic rings.